The molecule has 0 amide bonds. The Kier molecular flexibility index (Phi) is 5.09. The lowest BCUT2D eigenvalue weighted by Crippen LogP contribution is -2.44. The van der Waals surface area contributed by atoms with E-state index in [1.807, 2.05) is 15.7 Å². The van der Waals surface area contributed by atoms with E-state index < -0.39 is 17.2 Å². The maximum atomic E-state index is 14.8. The third-order valence-corrected chi connectivity index (χ3v) is 6.98. The Morgan fingerprint density at radius 1 is 1.41 bits per heavy atom. The lowest BCUT2D eigenvalue weighted by atomic mass is 10.1. The molecular weight excluding hydrogens is 389 g/mol. The van der Waals surface area contributed by atoms with Crippen LogP contribution in [0.5, 0.6) is 0 Å². The van der Waals surface area contributed by atoms with E-state index in [0.29, 0.717) is 35.1 Å². The van der Waals surface area contributed by atoms with Crippen LogP contribution in [0.25, 0.3) is 10.9 Å². The fraction of sp³-hybridized carbons (Fsp3) is 0.444. The number of hydrogen-bond acceptors (Lipinski definition) is 6. The number of hydrogen-bond donors (Lipinski definition) is 2. The number of aromatic carboxylic acids is 1. The van der Waals surface area contributed by atoms with E-state index in [9.17, 15) is 19.1 Å². The van der Waals surface area contributed by atoms with Gasteiger partial charge in [-0.25, -0.2) is 9.18 Å². The molecule has 2 aromatic rings. The van der Waals surface area contributed by atoms with Crippen molar-refractivity contribution >= 4 is 46.1 Å². The molecule has 0 radical (unpaired) electrons. The summed E-state index contributed by atoms with van der Waals surface area (Å²) in [5, 5.41) is 13.5. The molecule has 0 aliphatic carbocycles. The number of anilines is 1. The lowest BCUT2D eigenvalue weighted by molar-refractivity contribution is 0.0690. The van der Waals surface area contributed by atoms with Crippen molar-refractivity contribution in [3.63, 3.8) is 0 Å². The Bertz CT molecular complexity index is 973. The Balaban J connectivity index is 2.00. The molecule has 2 aliphatic rings. The number of carbonyl (C=O) groups is 1. The number of carboxylic acids is 1. The first-order valence-corrected chi connectivity index (χ1v) is 11.1. The van der Waals surface area contributed by atoms with Crippen molar-refractivity contribution in [2.75, 3.05) is 48.8 Å². The fourth-order valence-electron chi connectivity index (χ4n) is 3.80. The molecule has 0 spiro atoms. The molecule has 1 atom stereocenters. The van der Waals surface area contributed by atoms with Crippen LogP contribution in [0.3, 0.4) is 0 Å². The molecule has 1 saturated heterocycles. The van der Waals surface area contributed by atoms with E-state index in [2.05, 4.69) is 5.32 Å². The molecular formula is C18H20FN3O3S2. The van der Waals surface area contributed by atoms with Crippen LogP contribution in [-0.2, 0) is 0 Å². The summed E-state index contributed by atoms with van der Waals surface area (Å²) in [6.07, 6.45) is 2.00. The van der Waals surface area contributed by atoms with Crippen molar-refractivity contribution in [2.24, 2.45) is 0 Å². The zero-order chi connectivity index (χ0) is 19.1. The number of nitrogens with one attached hydrogen (secondary N) is 1. The van der Waals surface area contributed by atoms with Gasteiger partial charge in [0.2, 0.25) is 5.43 Å². The molecule has 27 heavy (non-hydrogen) atoms. The van der Waals surface area contributed by atoms with E-state index in [0.717, 1.165) is 18.8 Å². The maximum absolute atomic E-state index is 14.8. The van der Waals surface area contributed by atoms with Crippen molar-refractivity contribution in [1.29, 1.82) is 0 Å². The summed E-state index contributed by atoms with van der Waals surface area (Å²) in [5.41, 5.74) is 0.247. The summed E-state index contributed by atoms with van der Waals surface area (Å²) in [7, 11) is 0. The first kappa shape index (κ1) is 18.6. The average molecular weight is 410 g/mol. The molecule has 1 fully saturated rings. The van der Waals surface area contributed by atoms with Crippen LogP contribution < -0.4 is 15.6 Å². The smallest absolute Gasteiger partial charge is 0.342 e. The summed E-state index contributed by atoms with van der Waals surface area (Å²) >= 11 is 3.07. The normalized spacial score (nSPS) is 19.5. The van der Waals surface area contributed by atoms with E-state index in [1.54, 1.807) is 17.8 Å². The highest BCUT2D eigenvalue weighted by atomic mass is 32.2. The van der Waals surface area contributed by atoms with Crippen molar-refractivity contribution in [1.82, 2.24) is 9.88 Å². The minimum atomic E-state index is -1.26. The fourth-order valence-corrected chi connectivity index (χ4v) is 5.93. The molecule has 3 heterocycles. The SMILES string of the molecule is CSCC1CSc2c(C(=O)O)c(=O)c3cc(F)c(N4CCNCC4)cc3n21. The molecule has 9 heteroatoms. The number of thioether (sulfide) groups is 2. The number of rotatable bonds is 4. The van der Waals surface area contributed by atoms with Crippen molar-refractivity contribution in [3.05, 3.63) is 33.7 Å². The second kappa shape index (κ2) is 7.37. The van der Waals surface area contributed by atoms with Gasteiger partial charge in [0.25, 0.3) is 0 Å². The van der Waals surface area contributed by atoms with Gasteiger partial charge in [-0.1, -0.05) is 0 Å². The van der Waals surface area contributed by atoms with Gasteiger partial charge in [0, 0.05) is 43.1 Å². The van der Waals surface area contributed by atoms with E-state index in [-0.39, 0.29) is 17.0 Å². The summed E-state index contributed by atoms with van der Waals surface area (Å²) < 4.78 is 16.8. The molecule has 6 nitrogen and oxygen atoms in total. The van der Waals surface area contributed by atoms with Crippen molar-refractivity contribution in [2.45, 2.75) is 11.1 Å². The predicted octanol–water partition coefficient (Wildman–Crippen LogP) is 2.26. The molecule has 1 unspecified atom stereocenters. The zero-order valence-electron chi connectivity index (χ0n) is 14.8. The van der Waals surface area contributed by atoms with E-state index in [4.69, 9.17) is 0 Å². The topological polar surface area (TPSA) is 74.6 Å². The molecule has 0 bridgehead atoms. The number of fused-ring (bicyclic) bond motifs is 3. The van der Waals surface area contributed by atoms with Crippen molar-refractivity contribution in [3.8, 4) is 0 Å². The van der Waals surface area contributed by atoms with Crippen LogP contribution in [-0.4, -0.2) is 59.6 Å². The average Bonchev–Trinajstić information content (AvgIpc) is 3.06. The first-order valence-electron chi connectivity index (χ1n) is 8.75. The van der Waals surface area contributed by atoms with Gasteiger partial charge in [-0.05, 0) is 18.4 Å². The number of piperazine rings is 1. The summed E-state index contributed by atoms with van der Waals surface area (Å²) in [4.78, 5) is 26.6. The van der Waals surface area contributed by atoms with Crippen LogP contribution >= 0.6 is 23.5 Å². The Morgan fingerprint density at radius 3 is 2.81 bits per heavy atom. The first-order chi connectivity index (χ1) is 13.0. The lowest BCUT2D eigenvalue weighted by Gasteiger charge is -2.30. The van der Waals surface area contributed by atoms with Gasteiger partial charge in [-0.2, -0.15) is 11.8 Å². The monoisotopic (exact) mass is 409 g/mol. The van der Waals surface area contributed by atoms with Crippen LogP contribution in [0.4, 0.5) is 10.1 Å². The molecule has 2 N–H and O–H groups in total. The number of halogens is 1. The van der Waals surface area contributed by atoms with Gasteiger partial charge >= 0.3 is 5.97 Å². The van der Waals surface area contributed by atoms with Crippen LogP contribution in [0.15, 0.2) is 22.0 Å². The number of aromatic nitrogens is 1. The number of pyridine rings is 1. The maximum Gasteiger partial charge on any atom is 0.342 e. The van der Waals surface area contributed by atoms with Crippen LogP contribution in [0.1, 0.15) is 16.4 Å². The minimum absolute atomic E-state index is 0.0718. The van der Waals surface area contributed by atoms with E-state index in [1.165, 1.54) is 17.8 Å². The molecule has 1 aromatic carbocycles. The molecule has 1 aromatic heterocycles. The highest BCUT2D eigenvalue weighted by molar-refractivity contribution is 8.00. The van der Waals surface area contributed by atoms with Gasteiger partial charge < -0.3 is 19.9 Å². The molecule has 4 rings (SSSR count). The highest BCUT2D eigenvalue weighted by Gasteiger charge is 2.32. The Hall–Kier alpha value is -1.71. The number of carboxylic acid groups (broad SMARTS) is 1. The molecule has 2 aliphatic heterocycles. The minimum Gasteiger partial charge on any atom is -0.477 e. The third kappa shape index (κ3) is 3.11. The second-order valence-electron chi connectivity index (χ2n) is 6.66. The van der Waals surface area contributed by atoms with Crippen LogP contribution in [0.2, 0.25) is 0 Å². The zero-order valence-corrected chi connectivity index (χ0v) is 16.5. The van der Waals surface area contributed by atoms with Gasteiger partial charge in [0.05, 0.1) is 22.3 Å². The second-order valence-corrected chi connectivity index (χ2v) is 8.58. The largest absolute Gasteiger partial charge is 0.477 e. The van der Waals surface area contributed by atoms with Gasteiger partial charge in [0.15, 0.2) is 0 Å². The van der Waals surface area contributed by atoms with Crippen LogP contribution in [0, 0.1) is 5.82 Å². The van der Waals surface area contributed by atoms with Crippen molar-refractivity contribution < 1.29 is 14.3 Å². The molecule has 0 saturated carbocycles. The number of nitrogens with zero attached hydrogens (tertiary/aromatic N) is 2. The third-order valence-electron chi connectivity index (χ3n) is 5.04. The summed E-state index contributed by atoms with van der Waals surface area (Å²) in [5.74, 6) is -0.225. The van der Waals surface area contributed by atoms with E-state index >= 15 is 0 Å². The van der Waals surface area contributed by atoms with Gasteiger partial charge in [-0.3, -0.25) is 4.79 Å². The molecule has 144 valence electrons. The quantitative estimate of drug-likeness (QED) is 0.802. The Morgan fingerprint density at radius 2 is 2.15 bits per heavy atom. The highest BCUT2D eigenvalue weighted by Crippen LogP contribution is 2.40. The Labute approximate surface area is 164 Å². The summed E-state index contributed by atoms with van der Waals surface area (Å²) in [6, 6.07) is 3.02. The predicted molar refractivity (Wildman–Crippen MR) is 108 cm³/mol. The number of benzene rings is 1. The van der Waals surface area contributed by atoms with Gasteiger partial charge in [0.1, 0.15) is 11.4 Å². The standard InChI is InChI=1S/C18H20FN3O3S2/c1-26-8-10-9-27-17-15(18(24)25)16(23)11-6-12(19)14(7-13(11)22(10)17)21-4-2-20-3-5-21/h6-7,10,20H,2-5,8-9H2,1H3,(H,24,25). The van der Waals surface area contributed by atoms with Gasteiger partial charge in [-0.15, -0.1) is 11.8 Å². The summed E-state index contributed by atoms with van der Waals surface area (Å²) in [6.45, 7) is 2.93.